The number of hydrogen-bond acceptors (Lipinski definition) is 1. The summed E-state index contributed by atoms with van der Waals surface area (Å²) < 4.78 is 38.1. The molecule has 1 amide bonds. The molecular weight excluding hydrogens is 195 g/mol. The van der Waals surface area contributed by atoms with Crippen LogP contribution in [-0.4, -0.2) is 12.5 Å². The zero-order valence-corrected chi connectivity index (χ0v) is 7.40. The van der Waals surface area contributed by atoms with E-state index in [0.29, 0.717) is 6.07 Å². The van der Waals surface area contributed by atoms with Crippen molar-refractivity contribution >= 4 is 5.91 Å². The Balaban J connectivity index is 3.11. The van der Waals surface area contributed by atoms with Gasteiger partial charge >= 0.3 is 0 Å². The number of benzene rings is 1. The molecule has 0 radical (unpaired) electrons. The molecule has 1 aromatic rings. The summed E-state index contributed by atoms with van der Waals surface area (Å²) in [6, 6.07) is 1.61. The zero-order valence-electron chi connectivity index (χ0n) is 7.40. The van der Waals surface area contributed by atoms with Gasteiger partial charge in [-0.2, -0.15) is 0 Å². The quantitative estimate of drug-likeness (QED) is 0.730. The normalized spacial score (nSPS) is 10.0. The molecule has 0 heterocycles. The van der Waals surface area contributed by atoms with Gasteiger partial charge in [0.05, 0.1) is 5.56 Å². The summed E-state index contributed by atoms with van der Waals surface area (Å²) in [7, 11) is 0. The lowest BCUT2D eigenvalue weighted by atomic mass is 10.2. The van der Waals surface area contributed by atoms with Crippen LogP contribution in [0.2, 0.25) is 0 Å². The molecular formula is C9H8F3NO. The lowest BCUT2D eigenvalue weighted by molar-refractivity contribution is 0.0950. The Morgan fingerprint density at radius 3 is 2.50 bits per heavy atom. The van der Waals surface area contributed by atoms with Crippen molar-refractivity contribution in [2.75, 3.05) is 6.54 Å². The van der Waals surface area contributed by atoms with E-state index >= 15 is 0 Å². The topological polar surface area (TPSA) is 29.1 Å². The Morgan fingerprint density at radius 1 is 1.29 bits per heavy atom. The van der Waals surface area contributed by atoms with Crippen LogP contribution in [0.25, 0.3) is 0 Å². The monoisotopic (exact) mass is 203 g/mol. The predicted octanol–water partition coefficient (Wildman–Crippen LogP) is 1.85. The highest BCUT2D eigenvalue weighted by Crippen LogP contribution is 2.14. The Labute approximate surface area is 78.7 Å². The smallest absolute Gasteiger partial charge is 0.254 e. The van der Waals surface area contributed by atoms with Crippen LogP contribution in [0.5, 0.6) is 0 Å². The number of carbonyl (C=O) groups excluding carboxylic acids is 1. The van der Waals surface area contributed by atoms with Gasteiger partial charge in [-0.3, -0.25) is 4.79 Å². The van der Waals surface area contributed by atoms with E-state index in [9.17, 15) is 18.0 Å². The number of carbonyl (C=O) groups is 1. The van der Waals surface area contributed by atoms with Crippen LogP contribution in [0.1, 0.15) is 17.3 Å². The average Bonchev–Trinajstić information content (AvgIpc) is 2.15. The summed E-state index contributed by atoms with van der Waals surface area (Å²) >= 11 is 0. The Hall–Kier alpha value is -1.52. The summed E-state index contributed by atoms with van der Waals surface area (Å²) in [5.41, 5.74) is -0.495. The van der Waals surface area contributed by atoms with Crippen LogP contribution < -0.4 is 5.32 Å². The molecule has 0 aliphatic heterocycles. The first-order chi connectivity index (χ1) is 6.57. The first kappa shape index (κ1) is 10.6. The molecule has 0 saturated carbocycles. The van der Waals surface area contributed by atoms with E-state index in [2.05, 4.69) is 5.32 Å². The lowest BCUT2D eigenvalue weighted by Crippen LogP contribution is -2.24. The first-order valence-corrected chi connectivity index (χ1v) is 3.99. The second-order valence-corrected chi connectivity index (χ2v) is 2.58. The van der Waals surface area contributed by atoms with Crippen molar-refractivity contribution in [3.63, 3.8) is 0 Å². The van der Waals surface area contributed by atoms with Crippen LogP contribution in [0, 0.1) is 17.5 Å². The molecule has 0 fully saturated rings. The Kier molecular flexibility index (Phi) is 3.11. The van der Waals surface area contributed by atoms with Crippen molar-refractivity contribution in [2.24, 2.45) is 0 Å². The third-order valence-corrected chi connectivity index (χ3v) is 1.62. The number of amides is 1. The van der Waals surface area contributed by atoms with E-state index in [-0.39, 0.29) is 6.54 Å². The third-order valence-electron chi connectivity index (χ3n) is 1.62. The highest BCUT2D eigenvalue weighted by atomic mass is 19.2. The van der Waals surface area contributed by atoms with E-state index < -0.39 is 28.9 Å². The van der Waals surface area contributed by atoms with E-state index in [1.807, 2.05) is 0 Å². The van der Waals surface area contributed by atoms with Gasteiger partial charge in [-0.1, -0.05) is 0 Å². The van der Waals surface area contributed by atoms with Crippen LogP contribution in [0.15, 0.2) is 12.1 Å². The molecule has 0 aromatic heterocycles. The second-order valence-electron chi connectivity index (χ2n) is 2.58. The van der Waals surface area contributed by atoms with Crippen molar-refractivity contribution in [3.05, 3.63) is 35.1 Å². The van der Waals surface area contributed by atoms with Crippen molar-refractivity contribution in [3.8, 4) is 0 Å². The van der Waals surface area contributed by atoms with Crippen LogP contribution in [0.3, 0.4) is 0 Å². The van der Waals surface area contributed by atoms with E-state index in [4.69, 9.17) is 0 Å². The fraction of sp³-hybridized carbons (Fsp3) is 0.222. The van der Waals surface area contributed by atoms with Gasteiger partial charge in [0, 0.05) is 6.54 Å². The van der Waals surface area contributed by atoms with Gasteiger partial charge < -0.3 is 5.32 Å². The molecule has 1 aromatic carbocycles. The molecule has 0 aliphatic rings. The maximum Gasteiger partial charge on any atom is 0.254 e. The summed E-state index contributed by atoms with van der Waals surface area (Å²) in [6.07, 6.45) is 0. The van der Waals surface area contributed by atoms with E-state index in [1.54, 1.807) is 6.92 Å². The molecule has 5 heteroatoms. The zero-order chi connectivity index (χ0) is 10.7. The maximum atomic E-state index is 13.0. The number of nitrogens with one attached hydrogen (secondary N) is 1. The SMILES string of the molecule is CCNC(=O)c1ccc(F)c(F)c1F. The number of halogens is 3. The molecule has 0 unspecified atom stereocenters. The largest absolute Gasteiger partial charge is 0.352 e. The lowest BCUT2D eigenvalue weighted by Gasteiger charge is -2.04. The maximum absolute atomic E-state index is 13.0. The molecule has 14 heavy (non-hydrogen) atoms. The molecule has 0 aliphatic carbocycles. The van der Waals surface area contributed by atoms with Gasteiger partial charge in [-0.25, -0.2) is 13.2 Å². The standard InChI is InChI=1S/C9H8F3NO/c1-2-13-9(14)5-3-4-6(10)8(12)7(5)11/h3-4H,2H2,1H3,(H,13,14). The second kappa shape index (κ2) is 4.13. The summed E-state index contributed by atoms with van der Waals surface area (Å²) in [5, 5.41) is 2.28. The predicted molar refractivity (Wildman–Crippen MR) is 44.3 cm³/mol. The van der Waals surface area contributed by atoms with Gasteiger partial charge in [0.2, 0.25) is 0 Å². The van der Waals surface area contributed by atoms with Crippen molar-refractivity contribution in [1.82, 2.24) is 5.32 Å². The Bertz CT molecular complexity index is 365. The molecule has 76 valence electrons. The Morgan fingerprint density at radius 2 is 1.93 bits per heavy atom. The molecule has 1 rings (SSSR count). The minimum absolute atomic E-state index is 0.289. The van der Waals surface area contributed by atoms with Crippen LogP contribution in [-0.2, 0) is 0 Å². The fourth-order valence-corrected chi connectivity index (χ4v) is 0.957. The van der Waals surface area contributed by atoms with E-state index in [0.717, 1.165) is 6.07 Å². The minimum atomic E-state index is -1.63. The van der Waals surface area contributed by atoms with Crippen LogP contribution in [0.4, 0.5) is 13.2 Å². The highest BCUT2D eigenvalue weighted by Gasteiger charge is 2.17. The van der Waals surface area contributed by atoms with Crippen molar-refractivity contribution < 1.29 is 18.0 Å². The highest BCUT2D eigenvalue weighted by molar-refractivity contribution is 5.94. The van der Waals surface area contributed by atoms with Crippen LogP contribution >= 0.6 is 0 Å². The van der Waals surface area contributed by atoms with Crippen molar-refractivity contribution in [1.29, 1.82) is 0 Å². The summed E-state index contributed by atoms with van der Waals surface area (Å²) in [4.78, 5) is 11.1. The van der Waals surface area contributed by atoms with Crippen molar-refractivity contribution in [2.45, 2.75) is 6.92 Å². The summed E-state index contributed by atoms with van der Waals surface area (Å²) in [5.74, 6) is -5.16. The van der Waals surface area contributed by atoms with E-state index in [1.165, 1.54) is 0 Å². The van der Waals surface area contributed by atoms with Gasteiger partial charge in [-0.15, -0.1) is 0 Å². The molecule has 0 saturated heterocycles. The molecule has 2 nitrogen and oxygen atoms in total. The van der Waals surface area contributed by atoms with Gasteiger partial charge in [0.25, 0.3) is 5.91 Å². The van der Waals surface area contributed by atoms with Gasteiger partial charge in [-0.05, 0) is 19.1 Å². The number of hydrogen-bond donors (Lipinski definition) is 1. The van der Waals surface area contributed by atoms with Gasteiger partial charge in [0.15, 0.2) is 17.5 Å². The van der Waals surface area contributed by atoms with Gasteiger partial charge in [0.1, 0.15) is 0 Å². The molecule has 0 bridgehead atoms. The summed E-state index contributed by atoms with van der Waals surface area (Å²) in [6.45, 7) is 1.92. The average molecular weight is 203 g/mol. The third kappa shape index (κ3) is 1.86. The molecule has 0 spiro atoms. The number of rotatable bonds is 2. The first-order valence-electron chi connectivity index (χ1n) is 3.99. The molecule has 0 atom stereocenters. The minimum Gasteiger partial charge on any atom is -0.352 e. The fourth-order valence-electron chi connectivity index (χ4n) is 0.957. The molecule has 1 N–H and O–H groups in total.